The summed E-state index contributed by atoms with van der Waals surface area (Å²) in [5, 5.41) is 12.2. The van der Waals surface area contributed by atoms with E-state index < -0.39 is 17.3 Å². The molecule has 0 heterocycles. The first-order valence-corrected chi connectivity index (χ1v) is 9.61. The van der Waals surface area contributed by atoms with E-state index in [1.54, 1.807) is 26.4 Å². The number of allylic oxidation sites excluding steroid dienone is 2. The number of carbonyl (C=O) groups is 1. The van der Waals surface area contributed by atoms with Crippen LogP contribution in [0.1, 0.15) is 33.1 Å². The van der Waals surface area contributed by atoms with E-state index in [0.717, 1.165) is 0 Å². The van der Waals surface area contributed by atoms with Crippen molar-refractivity contribution in [3.05, 3.63) is 37.0 Å². The third kappa shape index (κ3) is 2.87. The summed E-state index contributed by atoms with van der Waals surface area (Å²) in [6.45, 7) is 12.4. The summed E-state index contributed by atoms with van der Waals surface area (Å²) >= 11 is 0. The molecule has 3 aliphatic carbocycles. The molecule has 0 spiro atoms. The Morgan fingerprint density at radius 1 is 1.33 bits per heavy atom. The van der Waals surface area contributed by atoms with Crippen LogP contribution in [-0.2, 0) is 19.0 Å². The summed E-state index contributed by atoms with van der Waals surface area (Å²) in [6, 6.07) is 0. The Labute approximate surface area is 162 Å². The van der Waals surface area contributed by atoms with Gasteiger partial charge in [-0.05, 0) is 36.2 Å². The van der Waals surface area contributed by atoms with Gasteiger partial charge >= 0.3 is 0 Å². The van der Waals surface area contributed by atoms with Crippen molar-refractivity contribution in [3.63, 3.8) is 0 Å². The van der Waals surface area contributed by atoms with Gasteiger partial charge in [0.2, 0.25) is 0 Å². The van der Waals surface area contributed by atoms with Gasteiger partial charge in [-0.15, -0.1) is 6.58 Å². The summed E-state index contributed by atoms with van der Waals surface area (Å²) in [5.41, 5.74) is -1.68. The van der Waals surface area contributed by atoms with Crippen LogP contribution in [0.15, 0.2) is 37.0 Å². The highest BCUT2D eigenvalue weighted by Crippen LogP contribution is 2.71. The molecule has 2 saturated carbocycles. The number of hydrogen-bond donors (Lipinski definition) is 1. The molecule has 3 rings (SSSR count). The normalized spacial score (nSPS) is 42.4. The smallest absolute Gasteiger partial charge is 0.159 e. The Morgan fingerprint density at radius 3 is 2.59 bits per heavy atom. The highest BCUT2D eigenvalue weighted by Gasteiger charge is 2.72. The van der Waals surface area contributed by atoms with E-state index in [4.69, 9.17) is 14.2 Å². The summed E-state index contributed by atoms with van der Waals surface area (Å²) in [5.74, 6) is 0.610. The van der Waals surface area contributed by atoms with Crippen LogP contribution >= 0.6 is 0 Å². The minimum absolute atomic E-state index is 0.0693. The van der Waals surface area contributed by atoms with Crippen molar-refractivity contribution in [1.29, 1.82) is 0 Å². The van der Waals surface area contributed by atoms with E-state index in [0.29, 0.717) is 30.3 Å². The average molecular weight is 376 g/mol. The van der Waals surface area contributed by atoms with Crippen molar-refractivity contribution in [1.82, 2.24) is 0 Å². The van der Waals surface area contributed by atoms with Gasteiger partial charge < -0.3 is 19.3 Å². The minimum atomic E-state index is -1.35. The van der Waals surface area contributed by atoms with Crippen molar-refractivity contribution < 1.29 is 24.1 Å². The van der Waals surface area contributed by atoms with Crippen LogP contribution < -0.4 is 0 Å². The van der Waals surface area contributed by atoms with Gasteiger partial charge in [-0.2, -0.15) is 0 Å². The van der Waals surface area contributed by atoms with Crippen molar-refractivity contribution >= 4 is 5.78 Å². The highest BCUT2D eigenvalue weighted by molar-refractivity contribution is 5.96. The number of hydrogen-bond acceptors (Lipinski definition) is 5. The molecule has 0 saturated heterocycles. The second-order valence-corrected chi connectivity index (χ2v) is 8.71. The molecule has 6 atom stereocenters. The van der Waals surface area contributed by atoms with Gasteiger partial charge in [0, 0.05) is 32.1 Å². The van der Waals surface area contributed by atoms with Crippen LogP contribution in [-0.4, -0.2) is 49.2 Å². The van der Waals surface area contributed by atoms with E-state index in [1.807, 2.05) is 6.08 Å². The Hall–Kier alpha value is -1.27. The summed E-state index contributed by atoms with van der Waals surface area (Å²) in [6.07, 6.45) is 6.03. The van der Waals surface area contributed by atoms with Gasteiger partial charge in [0.15, 0.2) is 5.78 Å². The summed E-state index contributed by atoms with van der Waals surface area (Å²) < 4.78 is 16.9. The number of carbonyl (C=O) groups excluding carboxylic acids is 1. The number of rotatable bonds is 8. The standard InChI is InChI=1S/C22H32O5/c1-7-9-15-19-16(20(19,3)4)11-18(27-13-25-5)22(15,24)17-10-14(23)12-21(17,8-2)26-6/h7-8,10,15-16,18-19,24H,1-2,9,11-13H2,3-6H3/t15-,16+,18+,19-,21-,22+/m0/s1. The third-order valence-corrected chi connectivity index (χ3v) is 7.23. The van der Waals surface area contributed by atoms with Crippen molar-refractivity contribution in [2.45, 2.75) is 50.4 Å². The van der Waals surface area contributed by atoms with Crippen LogP contribution in [0.4, 0.5) is 0 Å². The predicted octanol–water partition coefficient (Wildman–Crippen LogP) is 3.05. The number of fused-ring (bicyclic) bond motifs is 1. The topological polar surface area (TPSA) is 65.0 Å². The van der Waals surface area contributed by atoms with E-state index >= 15 is 0 Å². The van der Waals surface area contributed by atoms with E-state index in [9.17, 15) is 9.90 Å². The molecule has 0 aromatic rings. The molecule has 0 aliphatic heterocycles. The minimum Gasteiger partial charge on any atom is -0.382 e. The maximum absolute atomic E-state index is 12.4. The molecule has 0 aromatic heterocycles. The summed E-state index contributed by atoms with van der Waals surface area (Å²) in [7, 11) is 3.12. The SMILES string of the molecule is C=CC[C@H]1[C@H]2[C@@H](C[C@@H](OCOC)[C@]1(O)C1=CC(=O)C[C@]1(C=C)OC)C2(C)C. The Balaban J connectivity index is 2.13. The molecule has 2 fully saturated rings. The lowest BCUT2D eigenvalue weighted by molar-refractivity contribution is -0.185. The van der Waals surface area contributed by atoms with Crippen LogP contribution in [0.25, 0.3) is 0 Å². The summed E-state index contributed by atoms with van der Waals surface area (Å²) in [4.78, 5) is 12.4. The Morgan fingerprint density at radius 2 is 2.04 bits per heavy atom. The first kappa shape index (κ1) is 20.5. The van der Waals surface area contributed by atoms with Gasteiger partial charge in [-0.1, -0.05) is 32.6 Å². The van der Waals surface area contributed by atoms with E-state index in [2.05, 4.69) is 27.0 Å². The van der Waals surface area contributed by atoms with Gasteiger partial charge in [0.25, 0.3) is 0 Å². The maximum atomic E-state index is 12.4. The molecule has 0 unspecified atom stereocenters. The first-order chi connectivity index (χ1) is 12.7. The fourth-order valence-corrected chi connectivity index (χ4v) is 5.77. The fourth-order valence-electron chi connectivity index (χ4n) is 5.77. The molecular weight excluding hydrogens is 344 g/mol. The van der Waals surface area contributed by atoms with E-state index in [-0.39, 0.29) is 30.3 Å². The van der Waals surface area contributed by atoms with Crippen molar-refractivity contribution in [2.24, 2.45) is 23.2 Å². The predicted molar refractivity (Wildman–Crippen MR) is 103 cm³/mol. The molecule has 5 heteroatoms. The molecule has 0 radical (unpaired) electrons. The molecule has 3 aliphatic rings. The fraction of sp³-hybridized carbons (Fsp3) is 0.682. The van der Waals surface area contributed by atoms with Gasteiger partial charge in [0.1, 0.15) is 18.0 Å². The first-order valence-electron chi connectivity index (χ1n) is 9.61. The molecule has 5 nitrogen and oxygen atoms in total. The van der Waals surface area contributed by atoms with Crippen LogP contribution in [0.5, 0.6) is 0 Å². The zero-order valence-corrected chi connectivity index (χ0v) is 16.9. The monoisotopic (exact) mass is 376 g/mol. The van der Waals surface area contributed by atoms with Crippen molar-refractivity contribution in [3.8, 4) is 0 Å². The molecule has 150 valence electrons. The lowest BCUT2D eigenvalue weighted by atomic mass is 9.64. The quantitative estimate of drug-likeness (QED) is 0.521. The number of aliphatic hydroxyl groups is 1. The third-order valence-electron chi connectivity index (χ3n) is 7.23. The lowest BCUT2D eigenvalue weighted by Crippen LogP contribution is -2.59. The molecule has 0 aromatic carbocycles. The van der Waals surface area contributed by atoms with Crippen LogP contribution in [0, 0.1) is 23.2 Å². The van der Waals surface area contributed by atoms with Crippen LogP contribution in [0.3, 0.4) is 0 Å². The second-order valence-electron chi connectivity index (χ2n) is 8.71. The van der Waals surface area contributed by atoms with Gasteiger partial charge in [-0.3, -0.25) is 4.79 Å². The lowest BCUT2D eigenvalue weighted by Gasteiger charge is -2.49. The maximum Gasteiger partial charge on any atom is 0.159 e. The van der Waals surface area contributed by atoms with Gasteiger partial charge in [0.05, 0.1) is 6.10 Å². The second kappa shape index (κ2) is 6.96. The molecule has 1 N–H and O–H groups in total. The molecule has 0 bridgehead atoms. The number of ketones is 1. The highest BCUT2D eigenvalue weighted by atomic mass is 16.7. The zero-order chi connectivity index (χ0) is 20.0. The Bertz CT molecular complexity index is 666. The molecule has 27 heavy (non-hydrogen) atoms. The average Bonchev–Trinajstić information content (AvgIpc) is 3.00. The molecular formula is C22H32O5. The largest absolute Gasteiger partial charge is 0.382 e. The Kier molecular flexibility index (Phi) is 5.28. The van der Waals surface area contributed by atoms with Crippen LogP contribution in [0.2, 0.25) is 0 Å². The number of ether oxygens (including phenoxy) is 3. The van der Waals surface area contributed by atoms with Crippen molar-refractivity contribution in [2.75, 3.05) is 21.0 Å². The van der Waals surface area contributed by atoms with Gasteiger partial charge in [-0.25, -0.2) is 0 Å². The molecule has 0 amide bonds. The zero-order valence-electron chi connectivity index (χ0n) is 16.9. The number of methoxy groups -OCH3 is 2. The van der Waals surface area contributed by atoms with E-state index in [1.165, 1.54) is 0 Å².